The first kappa shape index (κ1) is 20.3. The second-order valence-electron chi connectivity index (χ2n) is 5.15. The summed E-state index contributed by atoms with van der Waals surface area (Å²) in [5.74, 6) is -1.28. The van der Waals surface area contributed by atoms with Gasteiger partial charge in [-0.1, -0.05) is 42.5 Å². The zero-order valence-corrected chi connectivity index (χ0v) is 16.8. The number of sulfonamides is 1. The van der Waals surface area contributed by atoms with Crippen molar-refractivity contribution in [1.82, 2.24) is 9.62 Å². The molecule has 0 fully saturated rings. The number of aliphatic carboxylic acids is 1. The van der Waals surface area contributed by atoms with Crippen LogP contribution in [0.3, 0.4) is 0 Å². The fraction of sp³-hybridized carbons (Fsp3) is 0.176. The molecule has 26 heavy (non-hydrogen) atoms. The van der Waals surface area contributed by atoms with Gasteiger partial charge in [0.2, 0.25) is 10.0 Å². The Bertz CT molecular complexity index is 826. The fourth-order valence-corrected chi connectivity index (χ4v) is 3.66. The van der Waals surface area contributed by atoms with Crippen LogP contribution in [0.4, 0.5) is 0 Å². The van der Waals surface area contributed by atoms with Crippen molar-refractivity contribution in [2.24, 2.45) is 0 Å². The first-order valence-corrected chi connectivity index (χ1v) is 8.86. The number of hydrogen-bond acceptors (Lipinski definition) is 4. The van der Waals surface area contributed by atoms with Gasteiger partial charge in [0.05, 0.1) is 4.90 Å². The maximum absolute atomic E-state index is 12.6. The first-order chi connectivity index (χ1) is 11.9. The third-order valence-corrected chi connectivity index (χ3v) is 5.33. The molecule has 0 saturated carbocycles. The maximum atomic E-state index is 12.6. The molecule has 0 bridgehead atoms. The van der Waals surface area contributed by atoms with E-state index >= 15 is 0 Å². The molecule has 0 atom stereocenters. The van der Waals surface area contributed by atoms with Crippen LogP contribution in [-0.4, -0.2) is 49.8 Å². The van der Waals surface area contributed by atoms with Gasteiger partial charge in [-0.15, -0.1) is 0 Å². The molecule has 0 unspecified atom stereocenters. The number of carbonyl (C=O) groups excluding carboxylic acids is 1. The summed E-state index contributed by atoms with van der Waals surface area (Å²) in [4.78, 5) is 21.1. The molecule has 0 saturated heterocycles. The van der Waals surface area contributed by atoms with Crippen LogP contribution in [0.25, 0.3) is 11.1 Å². The van der Waals surface area contributed by atoms with Crippen molar-refractivity contribution in [3.05, 3.63) is 54.6 Å². The molecule has 144 valence electrons. The smallest absolute Gasteiger partial charge is 0.318 e. The standard InChI is InChI=1S/C17H17N2O5S.Fm/c20-13-18-10-11-19(12-17(21)22)25(23,24)16-8-6-15(7-9-16)14-4-2-1-3-5-14;/h1-9H,10-12H2,(H,18,20)(H,21,22);/q-1;. The SMILES string of the molecule is O=[C-]NCCN(CC(=O)O)S(=O)(=O)c1ccc(-c2ccccc2)cc1.[Fm]. The molecule has 0 radical (unpaired) electrons. The molecular formula is C17H17FmN2O5S-. The normalized spacial score (nSPS) is 10.8. The Morgan fingerprint density at radius 3 is 2.15 bits per heavy atom. The predicted octanol–water partition coefficient (Wildman–Crippen LogP) is 1.09. The Balaban J connectivity index is 0.00000338. The van der Waals surface area contributed by atoms with Gasteiger partial charge in [-0.2, -0.15) is 10.7 Å². The van der Waals surface area contributed by atoms with E-state index in [1.54, 1.807) is 12.1 Å². The number of rotatable bonds is 9. The third kappa shape index (κ3) is 4.89. The number of amides is 1. The summed E-state index contributed by atoms with van der Waals surface area (Å²) in [7, 11) is -3.99. The van der Waals surface area contributed by atoms with E-state index in [4.69, 9.17) is 5.11 Å². The van der Waals surface area contributed by atoms with E-state index in [0.717, 1.165) is 15.4 Å². The molecule has 1 amide bonds. The minimum atomic E-state index is -3.99. The van der Waals surface area contributed by atoms with Crippen molar-refractivity contribution in [3.8, 4) is 11.1 Å². The van der Waals surface area contributed by atoms with Crippen molar-refractivity contribution in [3.63, 3.8) is 0 Å². The maximum Gasteiger partial charge on any atom is 0.318 e. The molecule has 2 aromatic rings. The molecule has 0 aliphatic carbocycles. The van der Waals surface area contributed by atoms with Crippen molar-refractivity contribution < 1.29 is 23.1 Å². The van der Waals surface area contributed by atoms with Gasteiger partial charge in [-0.3, -0.25) is 4.79 Å². The van der Waals surface area contributed by atoms with E-state index in [2.05, 4.69) is 5.32 Å². The molecule has 9 heteroatoms. The number of carboxylic acid groups (broad SMARTS) is 1. The van der Waals surface area contributed by atoms with Gasteiger partial charge in [0.25, 0.3) is 0 Å². The molecule has 0 heterocycles. The van der Waals surface area contributed by atoms with E-state index in [0.29, 0.717) is 0 Å². The van der Waals surface area contributed by atoms with Crippen LogP contribution in [0.5, 0.6) is 0 Å². The van der Waals surface area contributed by atoms with Gasteiger partial charge < -0.3 is 15.2 Å². The Labute approximate surface area is 146 Å². The molecule has 2 rings (SSSR count). The van der Waals surface area contributed by atoms with Gasteiger partial charge in [0, 0.05) is 6.54 Å². The number of nitrogens with zero attached hydrogens (tertiary/aromatic N) is 1. The van der Waals surface area contributed by atoms with Crippen molar-refractivity contribution in [1.29, 1.82) is 0 Å². The molecule has 2 N–H and O–H groups in total. The summed E-state index contributed by atoms with van der Waals surface area (Å²) in [6.45, 7) is -0.883. The number of nitrogens with one attached hydrogen (secondary N) is 1. The van der Waals surface area contributed by atoms with Crippen LogP contribution in [0, 0.1) is 0 Å². The number of hydrogen-bond donors (Lipinski definition) is 2. The summed E-state index contributed by atoms with van der Waals surface area (Å²) < 4.78 is 26.1. The quantitative estimate of drug-likeness (QED) is 0.249. The summed E-state index contributed by atoms with van der Waals surface area (Å²) >= 11 is 0. The second-order valence-corrected chi connectivity index (χ2v) is 7.09. The molecule has 0 aliphatic rings. The fourth-order valence-electron chi connectivity index (χ4n) is 2.27. The van der Waals surface area contributed by atoms with Crippen LogP contribution in [0.15, 0.2) is 59.5 Å². The van der Waals surface area contributed by atoms with Gasteiger partial charge in [0.1, 0.15) is 6.54 Å². The van der Waals surface area contributed by atoms with Crippen molar-refractivity contribution in [2.45, 2.75) is 4.90 Å². The molecule has 0 spiro atoms. The minimum Gasteiger partial charge on any atom is -0.529 e. The Hall–Kier alpha value is -3.71. The van der Waals surface area contributed by atoms with E-state index in [1.807, 2.05) is 30.3 Å². The van der Waals surface area contributed by atoms with Gasteiger partial charge in [-0.25, -0.2) is 8.42 Å². The zero-order valence-electron chi connectivity index (χ0n) is 13.5. The second kappa shape index (κ2) is 8.95. The monoisotopic (exact) mass is 618 g/mol. The van der Waals surface area contributed by atoms with E-state index in [1.165, 1.54) is 18.5 Å². The largest absolute Gasteiger partial charge is 0.529 e. The van der Waals surface area contributed by atoms with Crippen LogP contribution < -0.4 is 5.32 Å². The number of carbonyl (C=O) groups is 1. The molecule has 0 aromatic heterocycles. The molecule has 2 aromatic carbocycles. The molecular weight excluding hydrogens is 601 g/mol. The average molecular weight is 618 g/mol. The Kier molecular flexibility index (Phi) is 7.00. The number of benzene rings is 2. The van der Waals surface area contributed by atoms with Crippen LogP contribution in [-0.2, 0) is 19.6 Å². The summed E-state index contributed by atoms with van der Waals surface area (Å²) in [6.07, 6.45) is 1.42. The topological polar surface area (TPSA) is 104 Å². The van der Waals surface area contributed by atoms with E-state index in [-0.39, 0.29) is 18.0 Å². The van der Waals surface area contributed by atoms with Gasteiger partial charge >= 0.3 is 5.97 Å². The number of carboxylic acids is 1. The minimum absolute atomic E-state index is 0. The van der Waals surface area contributed by atoms with E-state index in [9.17, 15) is 18.0 Å². The predicted molar refractivity (Wildman–Crippen MR) is 92.0 cm³/mol. The van der Waals surface area contributed by atoms with Crippen LogP contribution in [0.1, 0.15) is 0 Å². The Morgan fingerprint density at radius 1 is 1.04 bits per heavy atom. The Morgan fingerprint density at radius 2 is 1.62 bits per heavy atom. The summed E-state index contributed by atoms with van der Waals surface area (Å²) in [5, 5.41) is 11.1. The molecule has 7 nitrogen and oxygen atoms in total. The zero-order chi connectivity index (χ0) is 18.3. The van der Waals surface area contributed by atoms with Gasteiger partial charge in [0.15, 0.2) is 0 Å². The molecule has 0 aliphatic heterocycles. The third-order valence-electron chi connectivity index (χ3n) is 3.47. The van der Waals surface area contributed by atoms with Crippen LogP contribution in [0.2, 0.25) is 0 Å². The summed E-state index contributed by atoms with van der Waals surface area (Å²) in [5.41, 5.74) is 1.79. The van der Waals surface area contributed by atoms with Crippen molar-refractivity contribution in [2.75, 3.05) is 19.6 Å². The van der Waals surface area contributed by atoms with Crippen molar-refractivity contribution >= 4 is 22.4 Å². The van der Waals surface area contributed by atoms with Crippen LogP contribution >= 0.6 is 0 Å². The van der Waals surface area contributed by atoms with Gasteiger partial charge in [-0.05, 0) is 29.8 Å². The summed E-state index contributed by atoms with van der Waals surface area (Å²) in [6, 6.07) is 15.7. The first-order valence-electron chi connectivity index (χ1n) is 7.42. The average Bonchev–Trinajstić information content (AvgIpc) is 2.61. The van der Waals surface area contributed by atoms with E-state index < -0.39 is 22.5 Å².